The van der Waals surface area contributed by atoms with Gasteiger partial charge >= 0.3 is 0 Å². The van der Waals surface area contributed by atoms with Gasteiger partial charge in [0.25, 0.3) is 0 Å². The fraction of sp³-hybridized carbons (Fsp3) is 0.0588. The zero-order chi connectivity index (χ0) is 16.7. The summed E-state index contributed by atoms with van der Waals surface area (Å²) in [4.78, 5) is 8.91. The number of nitrogens with one attached hydrogen (secondary N) is 1. The lowest BCUT2D eigenvalue weighted by Gasteiger charge is -2.09. The maximum Gasteiger partial charge on any atom is 0.158 e. The number of rotatable bonds is 3. The molecule has 0 aliphatic heterocycles. The van der Waals surface area contributed by atoms with Crippen molar-refractivity contribution in [3.63, 3.8) is 0 Å². The van der Waals surface area contributed by atoms with Crippen molar-refractivity contribution in [1.82, 2.24) is 14.4 Å². The molecule has 0 saturated carbocycles. The zero-order valence-electron chi connectivity index (χ0n) is 12.6. The Morgan fingerprint density at radius 1 is 1.04 bits per heavy atom. The van der Waals surface area contributed by atoms with Crippen LogP contribution in [-0.4, -0.2) is 21.5 Å². The van der Waals surface area contributed by atoms with Crippen molar-refractivity contribution < 1.29 is 4.74 Å². The molecule has 0 aliphatic carbocycles. The summed E-state index contributed by atoms with van der Waals surface area (Å²) in [5.74, 6) is 1.39. The third kappa shape index (κ3) is 2.42. The van der Waals surface area contributed by atoms with Gasteiger partial charge in [-0.05, 0) is 24.3 Å². The van der Waals surface area contributed by atoms with Gasteiger partial charge in [-0.3, -0.25) is 9.38 Å². The molecule has 2 aromatic carbocycles. The quantitative estimate of drug-likeness (QED) is 0.563. The van der Waals surface area contributed by atoms with E-state index in [1.165, 1.54) is 0 Å². The number of fused-ring (bicyclic) bond motifs is 3. The van der Waals surface area contributed by atoms with Crippen molar-refractivity contribution in [3.05, 3.63) is 59.0 Å². The number of hydrogen-bond donors (Lipinski definition) is 1. The van der Waals surface area contributed by atoms with Crippen LogP contribution in [0.5, 0.6) is 5.75 Å². The van der Waals surface area contributed by atoms with Gasteiger partial charge in [-0.15, -0.1) is 0 Å². The molecule has 2 aromatic heterocycles. The highest BCUT2D eigenvalue weighted by Crippen LogP contribution is 2.33. The molecule has 0 spiro atoms. The Bertz CT molecular complexity index is 1040. The lowest BCUT2D eigenvalue weighted by atomic mass is 10.2. The molecule has 24 heavy (non-hydrogen) atoms. The van der Waals surface area contributed by atoms with Gasteiger partial charge in [-0.2, -0.15) is 0 Å². The molecule has 0 radical (unpaired) electrons. The van der Waals surface area contributed by atoms with E-state index >= 15 is 0 Å². The third-order valence-corrected chi connectivity index (χ3v) is 4.41. The Balaban J connectivity index is 1.87. The number of hydrogen-bond acceptors (Lipinski definition) is 4. The maximum atomic E-state index is 6.22. The van der Waals surface area contributed by atoms with Gasteiger partial charge in [0, 0.05) is 6.07 Å². The second-order valence-electron chi connectivity index (χ2n) is 5.18. The van der Waals surface area contributed by atoms with E-state index in [4.69, 9.17) is 27.9 Å². The minimum atomic E-state index is 0.527. The Labute approximate surface area is 147 Å². The van der Waals surface area contributed by atoms with Crippen molar-refractivity contribution in [2.45, 2.75) is 0 Å². The van der Waals surface area contributed by atoms with Crippen LogP contribution >= 0.6 is 23.2 Å². The van der Waals surface area contributed by atoms with E-state index in [2.05, 4.69) is 15.3 Å². The molecule has 1 N–H and O–H groups in total. The predicted octanol–water partition coefficient (Wildman–Crippen LogP) is 4.94. The minimum absolute atomic E-state index is 0.527. The fourth-order valence-electron chi connectivity index (χ4n) is 2.57. The van der Waals surface area contributed by atoms with Gasteiger partial charge < -0.3 is 10.1 Å². The maximum absolute atomic E-state index is 6.22. The number of halogens is 2. The summed E-state index contributed by atoms with van der Waals surface area (Å²) in [7, 11) is 1.63. The minimum Gasteiger partial charge on any atom is -0.497 e. The molecule has 5 nitrogen and oxygen atoms in total. The summed E-state index contributed by atoms with van der Waals surface area (Å²) < 4.78 is 7.24. The molecule has 0 bridgehead atoms. The van der Waals surface area contributed by atoms with E-state index in [0.29, 0.717) is 21.6 Å². The molecule has 2 heterocycles. The smallest absolute Gasteiger partial charge is 0.158 e. The number of nitrogens with zero attached hydrogens (tertiary/aromatic N) is 3. The van der Waals surface area contributed by atoms with Crippen LogP contribution in [0.25, 0.3) is 16.6 Å². The lowest BCUT2D eigenvalue weighted by Crippen LogP contribution is -1.95. The SMILES string of the molecule is COc1ccc2ncc3c(Nc4c(Cl)cccc4Cl)ncn3c2c1. The van der Waals surface area contributed by atoms with E-state index in [-0.39, 0.29) is 0 Å². The first-order valence-corrected chi connectivity index (χ1v) is 7.94. The van der Waals surface area contributed by atoms with Crippen molar-refractivity contribution in [2.24, 2.45) is 0 Å². The van der Waals surface area contributed by atoms with Gasteiger partial charge in [0.05, 0.1) is 40.1 Å². The Hall–Kier alpha value is -2.50. The Kier molecular flexibility index (Phi) is 3.67. The fourth-order valence-corrected chi connectivity index (χ4v) is 3.06. The molecule has 0 fully saturated rings. The van der Waals surface area contributed by atoms with Crippen LogP contribution in [0.4, 0.5) is 11.5 Å². The molecular weight excluding hydrogens is 347 g/mol. The van der Waals surface area contributed by atoms with Crippen molar-refractivity contribution >= 4 is 51.3 Å². The van der Waals surface area contributed by atoms with Crippen molar-refractivity contribution in [2.75, 3.05) is 12.4 Å². The van der Waals surface area contributed by atoms with Crippen LogP contribution in [-0.2, 0) is 0 Å². The van der Waals surface area contributed by atoms with Crippen LogP contribution in [0.2, 0.25) is 10.0 Å². The molecular formula is C17H12Cl2N4O. The van der Waals surface area contributed by atoms with E-state index in [1.807, 2.05) is 22.6 Å². The summed E-state index contributed by atoms with van der Waals surface area (Å²) in [5.41, 5.74) is 3.18. The highest BCUT2D eigenvalue weighted by Gasteiger charge is 2.12. The normalized spacial score (nSPS) is 11.1. The second kappa shape index (κ2) is 5.85. The van der Waals surface area contributed by atoms with Gasteiger partial charge in [-0.1, -0.05) is 29.3 Å². The van der Waals surface area contributed by atoms with E-state index in [0.717, 1.165) is 22.3 Å². The summed E-state index contributed by atoms with van der Waals surface area (Å²) in [6.07, 6.45) is 3.49. The largest absolute Gasteiger partial charge is 0.497 e. The number of para-hydroxylation sites is 1. The average molecular weight is 359 g/mol. The van der Waals surface area contributed by atoms with Crippen molar-refractivity contribution in [1.29, 1.82) is 0 Å². The van der Waals surface area contributed by atoms with Crippen LogP contribution in [0.3, 0.4) is 0 Å². The third-order valence-electron chi connectivity index (χ3n) is 3.78. The highest BCUT2D eigenvalue weighted by atomic mass is 35.5. The molecule has 4 rings (SSSR count). The van der Waals surface area contributed by atoms with Crippen LogP contribution in [0, 0.1) is 0 Å². The second-order valence-corrected chi connectivity index (χ2v) is 6.00. The zero-order valence-corrected chi connectivity index (χ0v) is 14.1. The number of imidazole rings is 1. The number of ether oxygens (including phenoxy) is 1. The summed E-state index contributed by atoms with van der Waals surface area (Å²) in [6, 6.07) is 11.0. The molecule has 120 valence electrons. The van der Waals surface area contributed by atoms with Crippen LogP contribution in [0.15, 0.2) is 48.9 Å². The van der Waals surface area contributed by atoms with Gasteiger partial charge in [0.1, 0.15) is 17.6 Å². The Morgan fingerprint density at radius 2 is 1.83 bits per heavy atom. The summed E-state index contributed by atoms with van der Waals surface area (Å²) in [6.45, 7) is 0. The molecule has 0 amide bonds. The first kappa shape index (κ1) is 15.1. The first-order valence-electron chi connectivity index (χ1n) is 7.18. The molecule has 0 saturated heterocycles. The molecule has 0 aliphatic rings. The number of methoxy groups -OCH3 is 1. The molecule has 7 heteroatoms. The standard InChI is InChI=1S/C17H12Cl2N4O/c1-24-10-5-6-13-14(7-10)23-9-21-17(15(23)8-20-13)22-16-11(18)3-2-4-12(16)19/h2-9,22H,1H3. The highest BCUT2D eigenvalue weighted by molar-refractivity contribution is 6.39. The average Bonchev–Trinajstić information content (AvgIpc) is 3.01. The van der Waals surface area contributed by atoms with E-state index in [9.17, 15) is 0 Å². The Morgan fingerprint density at radius 3 is 2.58 bits per heavy atom. The van der Waals surface area contributed by atoms with Gasteiger partial charge in [0.2, 0.25) is 0 Å². The summed E-state index contributed by atoms with van der Waals surface area (Å²) in [5, 5.41) is 4.24. The monoisotopic (exact) mass is 358 g/mol. The van der Waals surface area contributed by atoms with E-state index in [1.54, 1.807) is 37.8 Å². The molecule has 4 aromatic rings. The first-order chi connectivity index (χ1) is 11.7. The number of benzene rings is 2. The molecule has 0 unspecified atom stereocenters. The van der Waals surface area contributed by atoms with Gasteiger partial charge in [-0.25, -0.2) is 4.98 Å². The molecule has 0 atom stereocenters. The number of anilines is 2. The summed E-state index contributed by atoms with van der Waals surface area (Å²) >= 11 is 12.4. The predicted molar refractivity (Wildman–Crippen MR) is 96.8 cm³/mol. The number of aromatic nitrogens is 3. The van der Waals surface area contributed by atoms with E-state index < -0.39 is 0 Å². The van der Waals surface area contributed by atoms with Crippen molar-refractivity contribution in [3.8, 4) is 5.75 Å². The van der Waals surface area contributed by atoms with Crippen LogP contribution < -0.4 is 10.1 Å². The lowest BCUT2D eigenvalue weighted by molar-refractivity contribution is 0.415. The van der Waals surface area contributed by atoms with Gasteiger partial charge in [0.15, 0.2) is 5.82 Å². The topological polar surface area (TPSA) is 51.5 Å². The van der Waals surface area contributed by atoms with Crippen LogP contribution in [0.1, 0.15) is 0 Å².